The molecule has 8 rings (SSSR count). The van der Waals surface area contributed by atoms with E-state index in [-0.39, 0.29) is 0 Å². The summed E-state index contributed by atoms with van der Waals surface area (Å²) in [4.78, 5) is 4.70. The van der Waals surface area contributed by atoms with Crippen LogP contribution < -0.4 is 9.75 Å². The van der Waals surface area contributed by atoms with Gasteiger partial charge in [0.05, 0.1) is 0 Å². The van der Waals surface area contributed by atoms with Gasteiger partial charge in [0.15, 0.2) is 0 Å². The lowest BCUT2D eigenvalue weighted by Crippen LogP contribution is -2.16. The van der Waals surface area contributed by atoms with Crippen molar-refractivity contribution in [2.75, 3.05) is 0 Å². The number of rotatable bonds is 2. The molecule has 0 saturated heterocycles. The third kappa shape index (κ3) is 3.22. The van der Waals surface area contributed by atoms with Gasteiger partial charge >= 0.3 is 0 Å². The Kier molecular flexibility index (Phi) is 4.72. The molecule has 0 saturated carbocycles. The lowest BCUT2D eigenvalue weighted by molar-refractivity contribution is 1.33. The topological polar surface area (TPSA) is 12.9 Å². The molecule has 5 aromatic carbocycles. The van der Waals surface area contributed by atoms with Gasteiger partial charge in [-0.15, -0.1) is 17.1 Å². The molecule has 0 fully saturated rings. The molecule has 0 amide bonds. The maximum Gasteiger partial charge on any atom is 0.0434 e. The molecule has 1 aliphatic rings. The maximum absolute atomic E-state index is 4.70. The number of aromatic nitrogens is 1. The highest BCUT2D eigenvalue weighted by Gasteiger charge is 2.12. The predicted octanol–water partition coefficient (Wildman–Crippen LogP) is 8.38. The second-order valence-electron chi connectivity index (χ2n) is 9.71. The number of hydrogen-bond donors (Lipinski definition) is 0. The molecule has 0 radical (unpaired) electrons. The fourth-order valence-electron chi connectivity index (χ4n) is 5.82. The Hall–Kier alpha value is -4.75. The molecule has 7 aromatic rings. The first kappa shape index (κ1) is 21.3. The van der Waals surface area contributed by atoms with E-state index in [1.54, 1.807) is 0 Å². The molecule has 0 bridgehead atoms. The molecule has 0 unspecified atom stereocenters. The Labute approximate surface area is 223 Å². The summed E-state index contributed by atoms with van der Waals surface area (Å²) in [5, 5.41) is 10.3. The first-order valence-electron chi connectivity index (χ1n) is 12.8. The van der Waals surface area contributed by atoms with Crippen LogP contribution in [0.4, 0.5) is 0 Å². The van der Waals surface area contributed by atoms with E-state index in [9.17, 15) is 0 Å². The van der Waals surface area contributed by atoms with Gasteiger partial charge in [0, 0.05) is 48.9 Å². The number of fused-ring (bicyclic) bond motifs is 9. The summed E-state index contributed by atoms with van der Waals surface area (Å²) in [6.07, 6.45) is 12.3. The highest BCUT2D eigenvalue weighted by Crippen LogP contribution is 2.38. The van der Waals surface area contributed by atoms with Gasteiger partial charge in [-0.1, -0.05) is 78.9 Å². The van der Waals surface area contributed by atoms with E-state index in [0.29, 0.717) is 0 Å². The van der Waals surface area contributed by atoms with Crippen molar-refractivity contribution in [3.8, 4) is 22.3 Å². The van der Waals surface area contributed by atoms with Crippen LogP contribution in [0, 0.1) is 0 Å². The quantitative estimate of drug-likeness (QED) is 0.172. The zero-order chi connectivity index (χ0) is 25.1. The molecule has 2 heteroatoms. The van der Waals surface area contributed by atoms with Crippen molar-refractivity contribution in [2.45, 2.75) is 0 Å². The van der Waals surface area contributed by atoms with Crippen LogP contribution in [0.5, 0.6) is 0 Å². The third-order valence-corrected chi connectivity index (χ3v) is 8.81. The van der Waals surface area contributed by atoms with Crippen molar-refractivity contribution >= 4 is 65.9 Å². The smallest absolute Gasteiger partial charge is 0.0434 e. The van der Waals surface area contributed by atoms with Gasteiger partial charge in [0.2, 0.25) is 0 Å². The molecule has 2 heterocycles. The summed E-state index contributed by atoms with van der Waals surface area (Å²) in [5.74, 6) is 0. The van der Waals surface area contributed by atoms with Crippen molar-refractivity contribution in [1.82, 2.24) is 4.98 Å². The molecule has 1 aliphatic carbocycles. The number of nitrogens with zero attached hydrogens (tertiary/aromatic N) is 1. The van der Waals surface area contributed by atoms with E-state index in [2.05, 4.69) is 109 Å². The van der Waals surface area contributed by atoms with E-state index in [1.807, 2.05) is 35.9 Å². The average Bonchev–Trinajstić information content (AvgIpc) is 3.17. The Bertz CT molecular complexity index is 2240. The van der Waals surface area contributed by atoms with Gasteiger partial charge in [-0.05, 0) is 74.3 Å². The van der Waals surface area contributed by atoms with Gasteiger partial charge in [-0.2, -0.15) is 0 Å². The summed E-state index contributed by atoms with van der Waals surface area (Å²) in [7, 11) is 0. The van der Waals surface area contributed by atoms with Gasteiger partial charge in [-0.3, -0.25) is 4.98 Å². The predicted molar refractivity (Wildman–Crippen MR) is 164 cm³/mol. The molecule has 0 atom stereocenters. The van der Waals surface area contributed by atoms with Crippen LogP contribution in [0.25, 0.3) is 76.8 Å². The van der Waals surface area contributed by atoms with E-state index in [1.165, 1.54) is 63.3 Å². The Morgan fingerprint density at radius 3 is 1.97 bits per heavy atom. The number of pyridine rings is 1. The molecular weight excluding hydrogens is 478 g/mol. The molecule has 0 N–H and O–H groups in total. The molecule has 0 spiro atoms. The SMILES string of the molecule is C1=CC=c2sc3c(-c4cncc(-c5ccc6c7ccccc7c7ccccc7c6c5)c4)cccc3c2=CC=1. The van der Waals surface area contributed by atoms with Gasteiger partial charge in [0.25, 0.3) is 0 Å². The minimum absolute atomic E-state index is 1.13. The van der Waals surface area contributed by atoms with Gasteiger partial charge in [-0.25, -0.2) is 0 Å². The average molecular weight is 500 g/mol. The van der Waals surface area contributed by atoms with Crippen LogP contribution in [0.15, 0.2) is 121 Å². The highest BCUT2D eigenvalue weighted by atomic mass is 32.1. The minimum atomic E-state index is 1.13. The zero-order valence-corrected chi connectivity index (χ0v) is 21.3. The molecule has 176 valence electrons. The third-order valence-electron chi connectivity index (χ3n) is 7.59. The summed E-state index contributed by atoms with van der Waals surface area (Å²) < 4.78 is 2.56. The van der Waals surface area contributed by atoms with Gasteiger partial charge in [0.1, 0.15) is 0 Å². The highest BCUT2D eigenvalue weighted by molar-refractivity contribution is 7.17. The van der Waals surface area contributed by atoms with E-state index >= 15 is 0 Å². The summed E-state index contributed by atoms with van der Waals surface area (Å²) in [5.41, 5.74) is 7.85. The van der Waals surface area contributed by atoms with E-state index < -0.39 is 0 Å². The number of thiophene rings is 1. The van der Waals surface area contributed by atoms with Crippen LogP contribution in [0.1, 0.15) is 0 Å². The molecule has 38 heavy (non-hydrogen) atoms. The molecule has 1 nitrogen and oxygen atoms in total. The maximum atomic E-state index is 4.70. The van der Waals surface area contributed by atoms with Gasteiger partial charge < -0.3 is 0 Å². The summed E-state index contributed by atoms with van der Waals surface area (Å²) >= 11 is 1.83. The minimum Gasteiger partial charge on any atom is -0.263 e. The summed E-state index contributed by atoms with van der Waals surface area (Å²) in [6, 6.07) is 33.2. The first-order chi connectivity index (χ1) is 18.8. The van der Waals surface area contributed by atoms with Crippen molar-refractivity contribution in [2.24, 2.45) is 0 Å². The largest absolute Gasteiger partial charge is 0.263 e. The number of allylic oxidation sites excluding steroid dienone is 1. The lowest BCUT2D eigenvalue weighted by atomic mass is 9.92. The monoisotopic (exact) mass is 499 g/mol. The fraction of sp³-hybridized carbons (Fsp3) is 0. The number of hydrogen-bond acceptors (Lipinski definition) is 2. The molecule has 2 aromatic heterocycles. The first-order valence-corrected chi connectivity index (χ1v) is 13.6. The Morgan fingerprint density at radius 2 is 1.18 bits per heavy atom. The second kappa shape index (κ2) is 8.39. The van der Waals surface area contributed by atoms with Crippen LogP contribution in [-0.4, -0.2) is 4.98 Å². The van der Waals surface area contributed by atoms with Crippen LogP contribution in [0.2, 0.25) is 0 Å². The number of benzene rings is 5. The van der Waals surface area contributed by atoms with Crippen molar-refractivity contribution in [3.05, 3.63) is 131 Å². The normalized spacial score (nSPS) is 12.5. The molecule has 0 aliphatic heterocycles. The van der Waals surface area contributed by atoms with Crippen LogP contribution in [0.3, 0.4) is 0 Å². The Morgan fingerprint density at radius 1 is 0.526 bits per heavy atom. The van der Waals surface area contributed by atoms with Crippen molar-refractivity contribution in [3.63, 3.8) is 0 Å². The Balaban J connectivity index is 1.34. The second-order valence-corrected chi connectivity index (χ2v) is 10.8. The van der Waals surface area contributed by atoms with E-state index in [4.69, 9.17) is 4.98 Å². The van der Waals surface area contributed by atoms with E-state index in [0.717, 1.165) is 11.1 Å². The van der Waals surface area contributed by atoms with Crippen LogP contribution in [-0.2, 0) is 0 Å². The van der Waals surface area contributed by atoms with Crippen molar-refractivity contribution < 1.29 is 0 Å². The standard InChI is InChI=1S/C36H21NS/c1-2-13-32-33-15-8-14-26(36(33)38-35(32)16-3-1)25-19-24(21-37-22-25)23-17-18-31-29-11-5-4-9-27(29)28-10-6-7-12-30(28)34(31)20-23/h2-22H. The molecular formula is C36H21NS. The van der Waals surface area contributed by atoms with Crippen molar-refractivity contribution in [1.29, 1.82) is 0 Å². The lowest BCUT2D eigenvalue weighted by Gasteiger charge is -2.12. The summed E-state index contributed by atoms with van der Waals surface area (Å²) in [6.45, 7) is 0. The zero-order valence-electron chi connectivity index (χ0n) is 20.5. The fourth-order valence-corrected chi connectivity index (χ4v) is 7.05. The van der Waals surface area contributed by atoms with Crippen LogP contribution >= 0.6 is 11.3 Å².